The van der Waals surface area contributed by atoms with Crippen LogP contribution in [-0.2, 0) is 9.59 Å². The smallest absolute Gasteiger partial charge is 0.311 e. The summed E-state index contributed by atoms with van der Waals surface area (Å²) in [6.45, 7) is 4.83. The van der Waals surface area contributed by atoms with Gasteiger partial charge in [0, 0.05) is 19.5 Å². The molecule has 0 saturated heterocycles. The minimum Gasteiger partial charge on any atom is -0.481 e. The molecule has 0 bridgehead atoms. The number of hydrogen-bond donors (Lipinski definition) is 1. The summed E-state index contributed by atoms with van der Waals surface area (Å²) in [5.41, 5.74) is 0.479. The van der Waals surface area contributed by atoms with Gasteiger partial charge < -0.3 is 10.0 Å². The van der Waals surface area contributed by atoms with E-state index >= 15 is 0 Å². The van der Waals surface area contributed by atoms with Gasteiger partial charge in [-0.2, -0.15) is 0 Å². The van der Waals surface area contributed by atoms with E-state index in [0.717, 1.165) is 0 Å². The fourth-order valence-corrected chi connectivity index (χ4v) is 2.26. The summed E-state index contributed by atoms with van der Waals surface area (Å²) in [7, 11) is 0. The number of rotatable bonds is 6. The molecule has 0 aliphatic rings. The Morgan fingerprint density at radius 2 is 1.80 bits per heavy atom. The van der Waals surface area contributed by atoms with Gasteiger partial charge in [0.2, 0.25) is 5.91 Å². The van der Waals surface area contributed by atoms with Gasteiger partial charge in [0.25, 0.3) is 0 Å². The number of halogens is 2. The second kappa shape index (κ2) is 7.50. The molecule has 20 heavy (non-hydrogen) atoms. The Labute approximate surface area is 128 Å². The minimum atomic E-state index is -1.05. The van der Waals surface area contributed by atoms with Gasteiger partial charge in [0.1, 0.15) is 0 Å². The van der Waals surface area contributed by atoms with Gasteiger partial charge in [0.15, 0.2) is 0 Å². The Balaban J connectivity index is 2.97. The normalized spacial score (nSPS) is 12.0. The van der Waals surface area contributed by atoms with Crippen LogP contribution in [0, 0.1) is 0 Å². The van der Waals surface area contributed by atoms with Crippen LogP contribution in [-0.4, -0.2) is 35.0 Å². The van der Waals surface area contributed by atoms with Crippen molar-refractivity contribution >= 4 is 35.1 Å². The molecule has 0 saturated carbocycles. The molecule has 1 amide bonds. The van der Waals surface area contributed by atoms with Crippen molar-refractivity contribution in [1.29, 1.82) is 0 Å². The SMILES string of the molecule is CCN(CC)C(=O)CC(C(=O)O)c1ccc(Cl)c(Cl)c1. The molecule has 4 nitrogen and oxygen atoms in total. The van der Waals surface area contributed by atoms with Crippen molar-refractivity contribution in [3.05, 3.63) is 33.8 Å². The standard InChI is InChI=1S/C14H17Cl2NO3/c1-3-17(4-2)13(18)8-10(14(19)20)9-5-6-11(15)12(16)7-9/h5-7,10H,3-4,8H2,1-2H3,(H,19,20). The molecular weight excluding hydrogens is 301 g/mol. The van der Waals surface area contributed by atoms with Crippen molar-refractivity contribution in [3.63, 3.8) is 0 Å². The maximum Gasteiger partial charge on any atom is 0.311 e. The van der Waals surface area contributed by atoms with Gasteiger partial charge in [-0.1, -0.05) is 29.3 Å². The second-order valence-electron chi connectivity index (χ2n) is 4.33. The third-order valence-corrected chi connectivity index (χ3v) is 3.88. The van der Waals surface area contributed by atoms with E-state index in [-0.39, 0.29) is 17.4 Å². The van der Waals surface area contributed by atoms with Crippen LogP contribution in [0.4, 0.5) is 0 Å². The number of hydrogen-bond acceptors (Lipinski definition) is 2. The van der Waals surface area contributed by atoms with E-state index in [1.54, 1.807) is 11.0 Å². The number of carboxylic acids is 1. The number of carboxylic acid groups (broad SMARTS) is 1. The number of aliphatic carboxylic acids is 1. The lowest BCUT2D eigenvalue weighted by molar-refractivity contribution is -0.142. The van der Waals surface area contributed by atoms with Crippen molar-refractivity contribution in [1.82, 2.24) is 4.90 Å². The van der Waals surface area contributed by atoms with Crippen molar-refractivity contribution in [2.45, 2.75) is 26.2 Å². The summed E-state index contributed by atoms with van der Waals surface area (Å²) in [4.78, 5) is 25.0. The molecule has 1 atom stereocenters. The van der Waals surface area contributed by atoms with Gasteiger partial charge in [-0.15, -0.1) is 0 Å². The summed E-state index contributed by atoms with van der Waals surface area (Å²) in [6.07, 6.45) is -0.0883. The number of amides is 1. The molecule has 0 aliphatic carbocycles. The average molecular weight is 318 g/mol. The topological polar surface area (TPSA) is 57.6 Å². The third-order valence-electron chi connectivity index (χ3n) is 3.14. The van der Waals surface area contributed by atoms with E-state index in [9.17, 15) is 14.7 Å². The van der Waals surface area contributed by atoms with Gasteiger partial charge in [-0.3, -0.25) is 9.59 Å². The first kappa shape index (κ1) is 16.8. The molecule has 110 valence electrons. The lowest BCUT2D eigenvalue weighted by Gasteiger charge is -2.21. The van der Waals surface area contributed by atoms with Crippen LogP contribution in [0.2, 0.25) is 10.0 Å². The van der Waals surface area contributed by atoms with Crippen LogP contribution in [0.15, 0.2) is 18.2 Å². The predicted molar refractivity (Wildman–Crippen MR) is 79.4 cm³/mol. The summed E-state index contributed by atoms with van der Waals surface area (Å²) in [5.74, 6) is -2.16. The number of benzene rings is 1. The predicted octanol–water partition coefficient (Wildman–Crippen LogP) is 3.42. The zero-order chi connectivity index (χ0) is 15.3. The van der Waals surface area contributed by atoms with Gasteiger partial charge in [-0.25, -0.2) is 0 Å². The van der Waals surface area contributed by atoms with Crippen LogP contribution in [0.25, 0.3) is 0 Å². The molecule has 0 spiro atoms. The maximum absolute atomic E-state index is 12.0. The van der Waals surface area contributed by atoms with Crippen LogP contribution in [0.3, 0.4) is 0 Å². The van der Waals surface area contributed by atoms with E-state index in [0.29, 0.717) is 23.7 Å². The van der Waals surface area contributed by atoms with Crippen molar-refractivity contribution in [2.75, 3.05) is 13.1 Å². The molecule has 0 aromatic heterocycles. The van der Waals surface area contributed by atoms with Crippen molar-refractivity contribution < 1.29 is 14.7 Å². The molecule has 0 radical (unpaired) electrons. The molecular formula is C14H17Cl2NO3. The largest absolute Gasteiger partial charge is 0.481 e. The molecule has 0 aliphatic heterocycles. The Morgan fingerprint density at radius 3 is 2.25 bits per heavy atom. The highest BCUT2D eigenvalue weighted by Gasteiger charge is 2.25. The van der Waals surface area contributed by atoms with Crippen LogP contribution in [0.5, 0.6) is 0 Å². The first-order valence-corrected chi connectivity index (χ1v) is 7.11. The van der Waals surface area contributed by atoms with E-state index < -0.39 is 11.9 Å². The molecule has 1 rings (SSSR count). The highest BCUT2D eigenvalue weighted by molar-refractivity contribution is 6.42. The van der Waals surface area contributed by atoms with E-state index in [4.69, 9.17) is 23.2 Å². The zero-order valence-electron chi connectivity index (χ0n) is 11.4. The highest BCUT2D eigenvalue weighted by atomic mass is 35.5. The molecule has 0 heterocycles. The van der Waals surface area contributed by atoms with Gasteiger partial charge >= 0.3 is 5.97 Å². The summed E-state index contributed by atoms with van der Waals surface area (Å²) in [5, 5.41) is 9.96. The van der Waals surface area contributed by atoms with Crippen molar-refractivity contribution in [3.8, 4) is 0 Å². The Hall–Kier alpha value is -1.26. The highest BCUT2D eigenvalue weighted by Crippen LogP contribution is 2.28. The maximum atomic E-state index is 12.0. The lowest BCUT2D eigenvalue weighted by atomic mass is 9.95. The molecule has 0 fully saturated rings. The lowest BCUT2D eigenvalue weighted by Crippen LogP contribution is -2.32. The zero-order valence-corrected chi connectivity index (χ0v) is 12.9. The summed E-state index contributed by atoms with van der Waals surface area (Å²) >= 11 is 11.7. The number of carbonyl (C=O) groups excluding carboxylic acids is 1. The second-order valence-corrected chi connectivity index (χ2v) is 5.15. The van der Waals surface area contributed by atoms with Crippen LogP contribution >= 0.6 is 23.2 Å². The fraction of sp³-hybridized carbons (Fsp3) is 0.429. The first-order valence-electron chi connectivity index (χ1n) is 6.36. The third kappa shape index (κ3) is 4.12. The molecule has 1 aromatic rings. The Morgan fingerprint density at radius 1 is 1.20 bits per heavy atom. The van der Waals surface area contributed by atoms with E-state index in [1.165, 1.54) is 12.1 Å². The summed E-state index contributed by atoms with van der Waals surface area (Å²) < 4.78 is 0. The van der Waals surface area contributed by atoms with Crippen molar-refractivity contribution in [2.24, 2.45) is 0 Å². The monoisotopic (exact) mass is 317 g/mol. The average Bonchev–Trinajstić information content (AvgIpc) is 2.40. The number of nitrogens with zero attached hydrogens (tertiary/aromatic N) is 1. The Bertz CT molecular complexity index is 501. The van der Waals surface area contributed by atoms with Crippen LogP contribution in [0.1, 0.15) is 31.7 Å². The quantitative estimate of drug-likeness (QED) is 0.874. The minimum absolute atomic E-state index is 0.0883. The molecule has 1 unspecified atom stereocenters. The molecule has 1 aromatic carbocycles. The van der Waals surface area contributed by atoms with Gasteiger partial charge in [-0.05, 0) is 31.5 Å². The van der Waals surface area contributed by atoms with Crippen LogP contribution < -0.4 is 0 Å². The fourth-order valence-electron chi connectivity index (χ4n) is 1.96. The van der Waals surface area contributed by atoms with E-state index in [1.807, 2.05) is 13.8 Å². The Kier molecular flexibility index (Phi) is 6.30. The van der Waals surface area contributed by atoms with Gasteiger partial charge in [0.05, 0.1) is 16.0 Å². The molecule has 6 heteroatoms. The first-order chi connectivity index (χ1) is 9.40. The summed E-state index contributed by atoms with van der Waals surface area (Å²) in [6, 6.07) is 4.62. The van der Waals surface area contributed by atoms with E-state index in [2.05, 4.69) is 0 Å². The number of carbonyl (C=O) groups is 2. The molecule has 1 N–H and O–H groups in total.